The van der Waals surface area contributed by atoms with Crippen LogP contribution in [0.25, 0.3) is 0 Å². The topological polar surface area (TPSA) is 53.2 Å². The van der Waals surface area contributed by atoms with Gasteiger partial charge < -0.3 is 16.0 Å². The van der Waals surface area contributed by atoms with Crippen LogP contribution in [0.15, 0.2) is 53.7 Å². The molecule has 0 aromatic heterocycles. The van der Waals surface area contributed by atoms with Gasteiger partial charge in [-0.1, -0.05) is 40.9 Å². The number of allylic oxidation sites excluding steroid dienone is 1. The zero-order valence-corrected chi connectivity index (χ0v) is 16.7. The average Bonchev–Trinajstić information content (AvgIpc) is 2.56. The molecule has 134 valence electrons. The maximum Gasteiger partial charge on any atom is 0.255 e. The third-order valence-electron chi connectivity index (χ3n) is 3.89. The average molecular weight is 427 g/mol. The highest BCUT2D eigenvalue weighted by Gasteiger charge is 2.31. The predicted molar refractivity (Wildman–Crippen MR) is 111 cm³/mol. The largest absolute Gasteiger partial charge is 0.351 e. The summed E-state index contributed by atoms with van der Waals surface area (Å²) < 4.78 is 0. The summed E-state index contributed by atoms with van der Waals surface area (Å²) in [5, 5.41) is 10.9. The lowest BCUT2D eigenvalue weighted by molar-refractivity contribution is -0.113. The number of amides is 1. The molecule has 0 unspecified atom stereocenters. The van der Waals surface area contributed by atoms with E-state index in [0.29, 0.717) is 42.7 Å². The van der Waals surface area contributed by atoms with Gasteiger partial charge in [-0.3, -0.25) is 4.79 Å². The molecular formula is C18H14Cl3N3OS. The predicted octanol–water partition coefficient (Wildman–Crippen LogP) is 5.08. The van der Waals surface area contributed by atoms with Crippen LogP contribution in [-0.4, -0.2) is 11.0 Å². The molecule has 1 heterocycles. The molecule has 1 amide bonds. The van der Waals surface area contributed by atoms with E-state index in [9.17, 15) is 4.79 Å². The molecule has 8 heteroatoms. The molecule has 1 aliphatic heterocycles. The fourth-order valence-electron chi connectivity index (χ4n) is 2.70. The van der Waals surface area contributed by atoms with E-state index in [1.165, 1.54) is 0 Å². The van der Waals surface area contributed by atoms with Crippen molar-refractivity contribution >= 4 is 63.7 Å². The number of hydrogen-bond acceptors (Lipinski definition) is 2. The van der Waals surface area contributed by atoms with E-state index in [0.717, 1.165) is 0 Å². The van der Waals surface area contributed by atoms with Crippen molar-refractivity contribution < 1.29 is 4.79 Å². The number of halogens is 3. The molecule has 2 aromatic rings. The van der Waals surface area contributed by atoms with E-state index in [-0.39, 0.29) is 5.91 Å². The molecule has 1 aliphatic rings. The molecule has 2 aromatic carbocycles. The normalized spacial score (nSPS) is 16.8. The Hall–Kier alpha value is -1.79. The highest BCUT2D eigenvalue weighted by Crippen LogP contribution is 2.33. The van der Waals surface area contributed by atoms with Gasteiger partial charge in [-0.25, -0.2) is 0 Å². The number of benzene rings is 2. The SMILES string of the molecule is CC1=C(C(=O)Nc2ccc(Cl)cc2)[C@@H](c2ccc(Cl)cc2Cl)NC(=S)N1. The van der Waals surface area contributed by atoms with E-state index in [1.54, 1.807) is 49.4 Å². The third-order valence-corrected chi connectivity index (χ3v) is 4.92. The van der Waals surface area contributed by atoms with Gasteiger partial charge in [0.05, 0.1) is 11.6 Å². The van der Waals surface area contributed by atoms with Crippen molar-refractivity contribution in [2.45, 2.75) is 13.0 Å². The molecule has 26 heavy (non-hydrogen) atoms. The third kappa shape index (κ3) is 4.13. The molecule has 1 atom stereocenters. The van der Waals surface area contributed by atoms with Gasteiger partial charge in [0.1, 0.15) is 0 Å². The van der Waals surface area contributed by atoms with Gasteiger partial charge in [-0.2, -0.15) is 0 Å². The first-order chi connectivity index (χ1) is 12.3. The summed E-state index contributed by atoms with van der Waals surface area (Å²) in [6.07, 6.45) is 0. The number of rotatable bonds is 3. The van der Waals surface area contributed by atoms with Crippen LogP contribution in [0.2, 0.25) is 15.1 Å². The van der Waals surface area contributed by atoms with E-state index in [2.05, 4.69) is 16.0 Å². The van der Waals surface area contributed by atoms with E-state index >= 15 is 0 Å². The first kappa shape index (κ1) is 19.0. The first-order valence-electron chi connectivity index (χ1n) is 7.65. The van der Waals surface area contributed by atoms with Crippen LogP contribution in [0.1, 0.15) is 18.5 Å². The van der Waals surface area contributed by atoms with Crippen molar-refractivity contribution in [2.75, 3.05) is 5.32 Å². The van der Waals surface area contributed by atoms with Crippen molar-refractivity contribution in [2.24, 2.45) is 0 Å². The molecule has 0 bridgehead atoms. The lowest BCUT2D eigenvalue weighted by Crippen LogP contribution is -2.45. The summed E-state index contributed by atoms with van der Waals surface area (Å²) in [6.45, 7) is 1.79. The fraction of sp³-hybridized carbons (Fsp3) is 0.111. The molecule has 0 saturated carbocycles. The quantitative estimate of drug-likeness (QED) is 0.599. The standard InChI is InChI=1S/C18H14Cl3N3OS/c1-9-15(17(25)23-12-5-2-10(19)3-6-12)16(24-18(26)22-9)13-7-4-11(20)8-14(13)21/h2-8,16H,1H3,(H,23,25)(H2,22,24,26)/t16-/m1/s1. The summed E-state index contributed by atoms with van der Waals surface area (Å²) in [4.78, 5) is 12.9. The Kier molecular flexibility index (Phi) is 5.73. The lowest BCUT2D eigenvalue weighted by Gasteiger charge is -2.31. The Labute approximate surface area is 171 Å². The molecule has 3 N–H and O–H groups in total. The fourth-order valence-corrected chi connectivity index (χ4v) is 3.61. The number of hydrogen-bond donors (Lipinski definition) is 3. The number of carbonyl (C=O) groups excluding carboxylic acids is 1. The molecule has 3 rings (SSSR count). The van der Waals surface area contributed by atoms with E-state index < -0.39 is 6.04 Å². The molecule has 0 fully saturated rings. The maximum atomic E-state index is 12.9. The van der Waals surface area contributed by atoms with Gasteiger partial charge in [-0.15, -0.1) is 0 Å². The Bertz CT molecular complexity index is 912. The monoisotopic (exact) mass is 425 g/mol. The van der Waals surface area contributed by atoms with Crippen molar-refractivity contribution in [3.8, 4) is 0 Å². The second-order valence-corrected chi connectivity index (χ2v) is 7.39. The molecule has 0 radical (unpaired) electrons. The maximum absolute atomic E-state index is 12.9. The zero-order valence-electron chi connectivity index (χ0n) is 13.6. The first-order valence-corrected chi connectivity index (χ1v) is 9.19. The van der Waals surface area contributed by atoms with Gasteiger partial charge in [0.25, 0.3) is 5.91 Å². The van der Waals surface area contributed by atoms with E-state index in [1.807, 2.05) is 0 Å². The van der Waals surface area contributed by atoms with Crippen LogP contribution in [0, 0.1) is 0 Å². The second-order valence-electron chi connectivity index (χ2n) is 5.70. The molecule has 0 aliphatic carbocycles. The zero-order chi connectivity index (χ0) is 18.8. The van der Waals surface area contributed by atoms with Crippen LogP contribution in [-0.2, 0) is 4.79 Å². The van der Waals surface area contributed by atoms with E-state index in [4.69, 9.17) is 47.0 Å². The minimum Gasteiger partial charge on any atom is -0.351 e. The van der Waals surface area contributed by atoms with Gasteiger partial charge >= 0.3 is 0 Å². The van der Waals surface area contributed by atoms with Crippen molar-refractivity contribution in [3.05, 3.63) is 74.4 Å². The van der Waals surface area contributed by atoms with Crippen molar-refractivity contribution in [1.29, 1.82) is 0 Å². The van der Waals surface area contributed by atoms with Gasteiger partial charge in [0.15, 0.2) is 5.11 Å². The highest BCUT2D eigenvalue weighted by molar-refractivity contribution is 7.80. The molecular weight excluding hydrogens is 413 g/mol. The highest BCUT2D eigenvalue weighted by atomic mass is 35.5. The molecule has 0 saturated heterocycles. The summed E-state index contributed by atoms with van der Waals surface area (Å²) in [5.41, 5.74) is 2.48. The van der Waals surface area contributed by atoms with Crippen LogP contribution in [0.4, 0.5) is 5.69 Å². The van der Waals surface area contributed by atoms with Crippen LogP contribution in [0.3, 0.4) is 0 Å². The Balaban J connectivity index is 1.97. The minimum atomic E-state index is -0.499. The smallest absolute Gasteiger partial charge is 0.255 e. The number of nitrogens with one attached hydrogen (secondary N) is 3. The summed E-state index contributed by atoms with van der Waals surface area (Å²) in [6, 6.07) is 11.5. The second kappa shape index (κ2) is 7.84. The van der Waals surface area contributed by atoms with Crippen LogP contribution < -0.4 is 16.0 Å². The van der Waals surface area contributed by atoms with Gasteiger partial charge in [-0.05, 0) is 61.1 Å². The Morgan fingerprint density at radius 3 is 2.38 bits per heavy atom. The van der Waals surface area contributed by atoms with Gasteiger partial charge in [0, 0.05) is 26.5 Å². The summed E-state index contributed by atoms with van der Waals surface area (Å²) >= 11 is 23.5. The minimum absolute atomic E-state index is 0.275. The van der Waals surface area contributed by atoms with Crippen molar-refractivity contribution in [1.82, 2.24) is 10.6 Å². The summed E-state index contributed by atoms with van der Waals surface area (Å²) in [5.74, 6) is -0.275. The van der Waals surface area contributed by atoms with Crippen LogP contribution >= 0.6 is 47.0 Å². The van der Waals surface area contributed by atoms with Crippen molar-refractivity contribution in [3.63, 3.8) is 0 Å². The van der Waals surface area contributed by atoms with Crippen LogP contribution in [0.5, 0.6) is 0 Å². The Morgan fingerprint density at radius 1 is 1.08 bits per heavy atom. The summed E-state index contributed by atoms with van der Waals surface area (Å²) in [7, 11) is 0. The molecule has 0 spiro atoms. The number of carbonyl (C=O) groups is 1. The number of thiocarbonyl (C=S) groups is 1. The Morgan fingerprint density at radius 2 is 1.73 bits per heavy atom. The molecule has 4 nitrogen and oxygen atoms in total. The lowest BCUT2D eigenvalue weighted by atomic mass is 9.95. The van der Waals surface area contributed by atoms with Gasteiger partial charge in [0.2, 0.25) is 0 Å². The number of anilines is 1.